The molecule has 28 heavy (non-hydrogen) atoms. The zero-order valence-corrected chi connectivity index (χ0v) is 17.0. The summed E-state index contributed by atoms with van der Waals surface area (Å²) >= 11 is 0. The molecule has 0 aromatic heterocycles. The van der Waals surface area contributed by atoms with Crippen LogP contribution in [0.3, 0.4) is 0 Å². The zero-order valence-electron chi connectivity index (χ0n) is 16.2. The second-order valence-electron chi connectivity index (χ2n) is 6.20. The Balaban J connectivity index is 2.41. The van der Waals surface area contributed by atoms with Crippen molar-refractivity contribution in [3.05, 3.63) is 84.0 Å². The van der Waals surface area contributed by atoms with Crippen molar-refractivity contribution >= 4 is 22.1 Å². The first kappa shape index (κ1) is 21.6. The van der Waals surface area contributed by atoms with Crippen LogP contribution in [0.4, 0.5) is 0 Å². The summed E-state index contributed by atoms with van der Waals surface area (Å²) in [7, 11) is -3.80. The molecule has 2 aromatic rings. The van der Waals surface area contributed by atoms with Crippen LogP contribution < -0.4 is 0 Å². The summed E-state index contributed by atoms with van der Waals surface area (Å²) in [5.74, 6) is -0.542. The monoisotopic (exact) mass is 399 g/mol. The van der Waals surface area contributed by atoms with Crippen LogP contribution in [-0.4, -0.2) is 38.4 Å². The normalized spacial score (nSPS) is 12.0. The quantitative estimate of drug-likeness (QED) is 0.365. The van der Waals surface area contributed by atoms with E-state index in [4.69, 9.17) is 4.74 Å². The molecular weight excluding hydrogens is 374 g/mol. The second kappa shape index (κ2) is 10.0. The SMILES string of the molecule is C=CCN(C/C(=C\c1ccccc1)C(=O)OCC)S(=O)(=O)c1ccc(C)cc1. The molecule has 0 unspecified atom stereocenters. The number of benzene rings is 2. The minimum atomic E-state index is -3.80. The Morgan fingerprint density at radius 2 is 1.75 bits per heavy atom. The van der Waals surface area contributed by atoms with Crippen LogP contribution in [0.5, 0.6) is 0 Å². The van der Waals surface area contributed by atoms with Gasteiger partial charge in [0.2, 0.25) is 10.0 Å². The van der Waals surface area contributed by atoms with Crippen LogP contribution in [0.2, 0.25) is 0 Å². The van der Waals surface area contributed by atoms with Crippen molar-refractivity contribution in [2.75, 3.05) is 19.7 Å². The van der Waals surface area contributed by atoms with E-state index in [0.29, 0.717) is 0 Å². The molecule has 0 saturated heterocycles. The third-order valence-electron chi connectivity index (χ3n) is 4.02. The van der Waals surface area contributed by atoms with Crippen LogP contribution in [0.25, 0.3) is 6.08 Å². The Morgan fingerprint density at radius 3 is 2.32 bits per heavy atom. The molecule has 2 rings (SSSR count). The number of esters is 1. The summed E-state index contributed by atoms with van der Waals surface area (Å²) < 4.78 is 32.6. The van der Waals surface area contributed by atoms with Crippen molar-refractivity contribution in [3.8, 4) is 0 Å². The van der Waals surface area contributed by atoms with Crippen LogP contribution in [0, 0.1) is 6.92 Å². The van der Waals surface area contributed by atoms with Gasteiger partial charge in [0.1, 0.15) is 0 Å². The summed E-state index contributed by atoms with van der Waals surface area (Å²) in [4.78, 5) is 12.6. The number of sulfonamides is 1. The van der Waals surface area contributed by atoms with Gasteiger partial charge >= 0.3 is 5.97 Å². The lowest BCUT2D eigenvalue weighted by Crippen LogP contribution is -2.34. The van der Waals surface area contributed by atoms with Gasteiger partial charge in [0, 0.05) is 13.1 Å². The summed E-state index contributed by atoms with van der Waals surface area (Å²) in [5.41, 5.74) is 2.01. The predicted molar refractivity (Wildman–Crippen MR) is 111 cm³/mol. The molecule has 0 aliphatic rings. The van der Waals surface area contributed by atoms with Crippen molar-refractivity contribution in [1.29, 1.82) is 0 Å². The molecule has 0 atom stereocenters. The molecule has 2 aromatic carbocycles. The van der Waals surface area contributed by atoms with E-state index in [2.05, 4.69) is 6.58 Å². The van der Waals surface area contributed by atoms with Crippen molar-refractivity contribution in [2.45, 2.75) is 18.7 Å². The molecule has 5 nitrogen and oxygen atoms in total. The van der Waals surface area contributed by atoms with Crippen LogP contribution in [0.15, 0.2) is 77.7 Å². The van der Waals surface area contributed by atoms with Gasteiger partial charge in [0.25, 0.3) is 0 Å². The smallest absolute Gasteiger partial charge is 0.335 e. The van der Waals surface area contributed by atoms with E-state index in [1.165, 1.54) is 10.4 Å². The molecule has 0 aliphatic heterocycles. The highest BCUT2D eigenvalue weighted by molar-refractivity contribution is 7.89. The number of hydrogen-bond acceptors (Lipinski definition) is 4. The Bertz CT molecular complexity index is 932. The first-order valence-corrected chi connectivity index (χ1v) is 10.4. The predicted octanol–water partition coefficient (Wildman–Crippen LogP) is 3.82. The molecule has 148 valence electrons. The van der Waals surface area contributed by atoms with E-state index in [-0.39, 0.29) is 30.2 Å². The molecule has 0 aliphatic carbocycles. The molecule has 0 saturated carbocycles. The highest BCUT2D eigenvalue weighted by atomic mass is 32.2. The van der Waals surface area contributed by atoms with Crippen molar-refractivity contribution < 1.29 is 17.9 Å². The number of carbonyl (C=O) groups excluding carboxylic acids is 1. The fourth-order valence-corrected chi connectivity index (χ4v) is 3.97. The Labute approximate surface area is 167 Å². The van der Waals surface area contributed by atoms with Gasteiger partial charge in [-0.3, -0.25) is 0 Å². The fourth-order valence-electron chi connectivity index (χ4n) is 2.58. The number of aryl methyl sites for hydroxylation is 1. The Hall–Kier alpha value is -2.70. The lowest BCUT2D eigenvalue weighted by atomic mass is 10.1. The van der Waals surface area contributed by atoms with E-state index in [0.717, 1.165) is 11.1 Å². The number of ether oxygens (including phenoxy) is 1. The standard InChI is InChI=1S/C22H25NO4S/c1-4-15-23(28(25,26)21-13-11-18(3)12-14-21)17-20(22(24)27-5-2)16-19-9-7-6-8-10-19/h4,6-14,16H,1,5,15,17H2,2-3H3/b20-16+. The number of hydrogen-bond donors (Lipinski definition) is 0. The van der Waals surface area contributed by atoms with Gasteiger partial charge in [-0.05, 0) is 37.6 Å². The third kappa shape index (κ3) is 5.65. The minimum absolute atomic E-state index is 0.0712. The first-order chi connectivity index (χ1) is 13.4. The third-order valence-corrected chi connectivity index (χ3v) is 5.84. The number of carbonyl (C=O) groups is 1. The topological polar surface area (TPSA) is 63.7 Å². The molecule has 0 radical (unpaired) electrons. The molecule has 0 fully saturated rings. The second-order valence-corrected chi connectivity index (χ2v) is 8.14. The lowest BCUT2D eigenvalue weighted by molar-refractivity contribution is -0.138. The van der Waals surface area contributed by atoms with Crippen molar-refractivity contribution in [2.24, 2.45) is 0 Å². The van der Waals surface area contributed by atoms with E-state index < -0.39 is 16.0 Å². The first-order valence-electron chi connectivity index (χ1n) is 8.99. The van der Waals surface area contributed by atoms with E-state index in [9.17, 15) is 13.2 Å². The average Bonchev–Trinajstić information content (AvgIpc) is 2.68. The van der Waals surface area contributed by atoms with E-state index in [1.807, 2.05) is 37.3 Å². The van der Waals surface area contributed by atoms with Gasteiger partial charge in [0.15, 0.2) is 0 Å². The number of rotatable bonds is 9. The van der Waals surface area contributed by atoms with Gasteiger partial charge in [-0.25, -0.2) is 13.2 Å². The van der Waals surface area contributed by atoms with Crippen LogP contribution in [-0.2, 0) is 19.6 Å². The van der Waals surface area contributed by atoms with Gasteiger partial charge < -0.3 is 4.74 Å². The van der Waals surface area contributed by atoms with Crippen LogP contribution >= 0.6 is 0 Å². The maximum Gasteiger partial charge on any atom is 0.335 e. The van der Waals surface area contributed by atoms with Crippen molar-refractivity contribution in [1.82, 2.24) is 4.31 Å². The average molecular weight is 400 g/mol. The molecule has 0 spiro atoms. The number of nitrogens with zero attached hydrogens (tertiary/aromatic N) is 1. The maximum absolute atomic E-state index is 13.1. The molecule has 0 bridgehead atoms. The summed E-state index contributed by atoms with van der Waals surface area (Å²) in [6, 6.07) is 15.8. The summed E-state index contributed by atoms with van der Waals surface area (Å²) in [6.45, 7) is 7.41. The highest BCUT2D eigenvalue weighted by Crippen LogP contribution is 2.19. The summed E-state index contributed by atoms with van der Waals surface area (Å²) in [6.07, 6.45) is 3.15. The summed E-state index contributed by atoms with van der Waals surface area (Å²) in [5, 5.41) is 0. The Kier molecular flexibility index (Phi) is 7.72. The lowest BCUT2D eigenvalue weighted by Gasteiger charge is -2.22. The molecule has 0 amide bonds. The highest BCUT2D eigenvalue weighted by Gasteiger charge is 2.26. The Morgan fingerprint density at radius 1 is 1.11 bits per heavy atom. The molecular formula is C22H25NO4S. The van der Waals surface area contributed by atoms with Gasteiger partial charge in [-0.2, -0.15) is 4.31 Å². The maximum atomic E-state index is 13.1. The van der Waals surface area contributed by atoms with Gasteiger partial charge in [-0.1, -0.05) is 54.1 Å². The van der Waals surface area contributed by atoms with E-state index >= 15 is 0 Å². The molecule has 0 N–H and O–H groups in total. The zero-order chi connectivity index (χ0) is 20.6. The van der Waals surface area contributed by atoms with Gasteiger partial charge in [-0.15, -0.1) is 6.58 Å². The van der Waals surface area contributed by atoms with Crippen LogP contribution in [0.1, 0.15) is 18.1 Å². The fraction of sp³-hybridized carbons (Fsp3) is 0.227. The molecule has 0 heterocycles. The van der Waals surface area contributed by atoms with Crippen molar-refractivity contribution in [3.63, 3.8) is 0 Å². The van der Waals surface area contributed by atoms with E-state index in [1.54, 1.807) is 37.3 Å². The van der Waals surface area contributed by atoms with Gasteiger partial charge in [0.05, 0.1) is 17.1 Å². The minimum Gasteiger partial charge on any atom is -0.463 e. The largest absolute Gasteiger partial charge is 0.463 e. The molecule has 6 heteroatoms.